The molecule has 4 rings (SSSR count). The molecular weight excluding hydrogens is 328 g/mol. The van der Waals surface area contributed by atoms with E-state index in [1.54, 1.807) is 6.20 Å². The SMILES string of the molecule is CC(NC(=O)c1cn2ccccc2n1)c1ccc(N2CCOCC2)cc1. The first kappa shape index (κ1) is 16.6. The van der Waals surface area contributed by atoms with E-state index in [1.807, 2.05) is 35.7 Å². The Bertz CT molecular complexity index is 865. The maximum Gasteiger partial charge on any atom is 0.271 e. The zero-order valence-electron chi connectivity index (χ0n) is 14.8. The van der Waals surface area contributed by atoms with Crippen molar-refractivity contribution in [1.29, 1.82) is 0 Å². The number of ether oxygens (including phenoxy) is 1. The number of benzene rings is 1. The van der Waals surface area contributed by atoms with E-state index in [-0.39, 0.29) is 11.9 Å². The van der Waals surface area contributed by atoms with Crippen molar-refractivity contribution in [3.63, 3.8) is 0 Å². The molecule has 1 aromatic carbocycles. The molecule has 134 valence electrons. The summed E-state index contributed by atoms with van der Waals surface area (Å²) in [6, 6.07) is 14.0. The predicted octanol–water partition coefficient (Wildman–Crippen LogP) is 2.66. The molecule has 1 unspecified atom stereocenters. The van der Waals surface area contributed by atoms with Gasteiger partial charge in [-0.1, -0.05) is 18.2 Å². The van der Waals surface area contributed by atoms with Crippen LogP contribution in [0, 0.1) is 0 Å². The number of amides is 1. The molecule has 1 atom stereocenters. The molecule has 1 saturated heterocycles. The number of morpholine rings is 1. The van der Waals surface area contributed by atoms with Gasteiger partial charge in [0.2, 0.25) is 0 Å². The van der Waals surface area contributed by atoms with E-state index >= 15 is 0 Å². The second-order valence-corrected chi connectivity index (χ2v) is 6.48. The van der Waals surface area contributed by atoms with Gasteiger partial charge < -0.3 is 19.4 Å². The normalized spacial score (nSPS) is 15.8. The molecule has 6 heteroatoms. The van der Waals surface area contributed by atoms with Crippen molar-refractivity contribution in [3.05, 3.63) is 66.1 Å². The van der Waals surface area contributed by atoms with Gasteiger partial charge in [0.05, 0.1) is 19.3 Å². The van der Waals surface area contributed by atoms with Crippen LogP contribution in [0.4, 0.5) is 5.69 Å². The lowest BCUT2D eigenvalue weighted by atomic mass is 10.1. The van der Waals surface area contributed by atoms with Crippen molar-refractivity contribution in [1.82, 2.24) is 14.7 Å². The smallest absolute Gasteiger partial charge is 0.271 e. The standard InChI is InChI=1S/C20H22N4O2/c1-15(16-5-7-17(8-6-16)23-10-12-26-13-11-23)21-20(25)18-14-24-9-3-2-4-19(24)22-18/h2-9,14-15H,10-13H2,1H3,(H,21,25). The Morgan fingerprint density at radius 1 is 1.15 bits per heavy atom. The quantitative estimate of drug-likeness (QED) is 0.786. The molecule has 3 aromatic rings. The number of hydrogen-bond donors (Lipinski definition) is 1. The van der Waals surface area contributed by atoms with Gasteiger partial charge in [-0.25, -0.2) is 4.98 Å². The third-order valence-corrected chi connectivity index (χ3v) is 4.71. The highest BCUT2D eigenvalue weighted by Crippen LogP contribution is 2.20. The molecule has 1 amide bonds. The molecule has 0 aliphatic carbocycles. The first-order valence-electron chi connectivity index (χ1n) is 8.88. The number of carbonyl (C=O) groups is 1. The summed E-state index contributed by atoms with van der Waals surface area (Å²) in [7, 11) is 0. The lowest BCUT2D eigenvalue weighted by Crippen LogP contribution is -2.36. The van der Waals surface area contributed by atoms with E-state index in [4.69, 9.17) is 4.74 Å². The molecule has 1 N–H and O–H groups in total. The third-order valence-electron chi connectivity index (χ3n) is 4.71. The predicted molar refractivity (Wildman–Crippen MR) is 101 cm³/mol. The minimum Gasteiger partial charge on any atom is -0.378 e. The average Bonchev–Trinajstić information content (AvgIpc) is 3.13. The number of fused-ring (bicyclic) bond motifs is 1. The number of nitrogens with one attached hydrogen (secondary N) is 1. The Kier molecular flexibility index (Phi) is 4.58. The largest absolute Gasteiger partial charge is 0.378 e. The Labute approximate surface area is 152 Å². The maximum atomic E-state index is 12.5. The molecule has 26 heavy (non-hydrogen) atoms. The van der Waals surface area contributed by atoms with Crippen LogP contribution >= 0.6 is 0 Å². The van der Waals surface area contributed by atoms with Gasteiger partial charge in [0.25, 0.3) is 5.91 Å². The summed E-state index contributed by atoms with van der Waals surface area (Å²) in [5.41, 5.74) is 3.45. The van der Waals surface area contributed by atoms with Crippen LogP contribution in [0.3, 0.4) is 0 Å². The van der Waals surface area contributed by atoms with Crippen LogP contribution in [0.5, 0.6) is 0 Å². The number of imidazole rings is 1. The van der Waals surface area contributed by atoms with E-state index in [0.717, 1.165) is 37.5 Å². The second kappa shape index (κ2) is 7.17. The summed E-state index contributed by atoms with van der Waals surface area (Å²) in [5.74, 6) is -0.168. The zero-order valence-corrected chi connectivity index (χ0v) is 14.8. The third kappa shape index (κ3) is 3.41. The van der Waals surface area contributed by atoms with Crippen LogP contribution in [0.15, 0.2) is 54.9 Å². The number of carbonyl (C=O) groups excluding carboxylic acids is 1. The molecule has 0 saturated carbocycles. The molecule has 0 radical (unpaired) electrons. The average molecular weight is 350 g/mol. The fraction of sp³-hybridized carbons (Fsp3) is 0.300. The summed E-state index contributed by atoms with van der Waals surface area (Å²) >= 11 is 0. The fourth-order valence-electron chi connectivity index (χ4n) is 3.19. The van der Waals surface area contributed by atoms with Crippen LogP contribution in [0.25, 0.3) is 5.65 Å². The van der Waals surface area contributed by atoms with E-state index < -0.39 is 0 Å². The molecule has 3 heterocycles. The van der Waals surface area contributed by atoms with Gasteiger partial charge in [-0.2, -0.15) is 0 Å². The number of rotatable bonds is 4. The van der Waals surface area contributed by atoms with Crippen LogP contribution in [-0.4, -0.2) is 41.6 Å². The van der Waals surface area contributed by atoms with Crippen molar-refractivity contribution in [3.8, 4) is 0 Å². The Morgan fingerprint density at radius 3 is 2.65 bits per heavy atom. The highest BCUT2D eigenvalue weighted by atomic mass is 16.5. The van der Waals surface area contributed by atoms with Crippen LogP contribution in [-0.2, 0) is 4.74 Å². The monoisotopic (exact) mass is 350 g/mol. The van der Waals surface area contributed by atoms with Crippen molar-refractivity contribution in [2.75, 3.05) is 31.2 Å². The molecule has 6 nitrogen and oxygen atoms in total. The molecule has 1 aliphatic rings. The number of hydrogen-bond acceptors (Lipinski definition) is 4. The van der Waals surface area contributed by atoms with Gasteiger partial charge in [0, 0.05) is 31.2 Å². The minimum absolute atomic E-state index is 0.0916. The van der Waals surface area contributed by atoms with Gasteiger partial charge in [0.15, 0.2) is 0 Å². The Hall–Kier alpha value is -2.86. The van der Waals surface area contributed by atoms with Crippen molar-refractivity contribution < 1.29 is 9.53 Å². The summed E-state index contributed by atoms with van der Waals surface area (Å²) in [5, 5.41) is 3.02. The summed E-state index contributed by atoms with van der Waals surface area (Å²) < 4.78 is 7.24. The van der Waals surface area contributed by atoms with Gasteiger partial charge in [0.1, 0.15) is 11.3 Å². The Balaban J connectivity index is 1.43. The summed E-state index contributed by atoms with van der Waals surface area (Å²) in [6.07, 6.45) is 3.63. The van der Waals surface area contributed by atoms with Gasteiger partial charge in [-0.05, 0) is 36.8 Å². The van der Waals surface area contributed by atoms with E-state index in [2.05, 4.69) is 39.5 Å². The first-order valence-corrected chi connectivity index (χ1v) is 8.88. The topological polar surface area (TPSA) is 58.9 Å². The second-order valence-electron chi connectivity index (χ2n) is 6.48. The zero-order chi connectivity index (χ0) is 17.9. The van der Waals surface area contributed by atoms with Gasteiger partial charge in [-0.3, -0.25) is 4.79 Å². The Morgan fingerprint density at radius 2 is 1.92 bits per heavy atom. The maximum absolute atomic E-state index is 12.5. The highest BCUT2D eigenvalue weighted by Gasteiger charge is 2.16. The lowest BCUT2D eigenvalue weighted by Gasteiger charge is -2.29. The van der Waals surface area contributed by atoms with Crippen molar-refractivity contribution in [2.24, 2.45) is 0 Å². The van der Waals surface area contributed by atoms with Gasteiger partial charge >= 0.3 is 0 Å². The number of anilines is 1. The van der Waals surface area contributed by atoms with Crippen LogP contribution < -0.4 is 10.2 Å². The summed E-state index contributed by atoms with van der Waals surface area (Å²) in [6.45, 7) is 5.36. The molecular formula is C20H22N4O2. The number of nitrogens with zero attached hydrogens (tertiary/aromatic N) is 3. The van der Waals surface area contributed by atoms with Gasteiger partial charge in [-0.15, -0.1) is 0 Å². The minimum atomic E-state index is -0.168. The fourth-order valence-corrected chi connectivity index (χ4v) is 3.19. The molecule has 0 spiro atoms. The number of pyridine rings is 1. The van der Waals surface area contributed by atoms with E-state index in [0.29, 0.717) is 5.69 Å². The molecule has 1 fully saturated rings. The van der Waals surface area contributed by atoms with E-state index in [9.17, 15) is 4.79 Å². The molecule has 2 aromatic heterocycles. The molecule has 0 bridgehead atoms. The van der Waals surface area contributed by atoms with Crippen LogP contribution in [0.1, 0.15) is 29.0 Å². The first-order chi connectivity index (χ1) is 12.7. The summed E-state index contributed by atoms with van der Waals surface area (Å²) in [4.78, 5) is 19.2. The van der Waals surface area contributed by atoms with Crippen molar-refractivity contribution in [2.45, 2.75) is 13.0 Å². The lowest BCUT2D eigenvalue weighted by molar-refractivity contribution is 0.0935. The van der Waals surface area contributed by atoms with E-state index in [1.165, 1.54) is 5.69 Å². The highest BCUT2D eigenvalue weighted by molar-refractivity contribution is 5.93. The van der Waals surface area contributed by atoms with Crippen molar-refractivity contribution >= 4 is 17.2 Å². The number of aromatic nitrogens is 2. The molecule has 1 aliphatic heterocycles. The van der Waals surface area contributed by atoms with Crippen LogP contribution in [0.2, 0.25) is 0 Å².